The first-order chi connectivity index (χ1) is 20.8. The summed E-state index contributed by atoms with van der Waals surface area (Å²) in [5.41, 5.74) is 9.59. The lowest BCUT2D eigenvalue weighted by Gasteiger charge is -2.11. The van der Waals surface area contributed by atoms with Crippen molar-refractivity contribution >= 4 is 0 Å². The van der Waals surface area contributed by atoms with Crippen LogP contribution in [0.1, 0.15) is 0 Å². The van der Waals surface area contributed by atoms with E-state index < -0.39 is 0 Å². The summed E-state index contributed by atoms with van der Waals surface area (Å²) in [7, 11) is 0. The number of benzene rings is 5. The summed E-state index contributed by atoms with van der Waals surface area (Å²) < 4.78 is 0. The Morgan fingerprint density at radius 3 is 0.714 bits per heavy atom. The summed E-state index contributed by atoms with van der Waals surface area (Å²) in [5, 5.41) is 0. The first-order valence-corrected chi connectivity index (χ1v) is 13.9. The van der Waals surface area contributed by atoms with Crippen molar-refractivity contribution in [3.8, 4) is 67.8 Å². The highest BCUT2D eigenvalue weighted by Crippen LogP contribution is 2.30. The molecule has 0 fully saturated rings. The molecule has 198 valence electrons. The van der Waals surface area contributed by atoms with E-state index in [1.165, 1.54) is 0 Å². The largest absolute Gasteiger partial charge is 0.228 e. The fraction of sp³-hybridized carbons (Fsp3) is 0. The van der Waals surface area contributed by atoms with Crippen molar-refractivity contribution in [3.05, 3.63) is 158 Å². The summed E-state index contributed by atoms with van der Waals surface area (Å²) >= 11 is 0. The fourth-order valence-corrected chi connectivity index (χ4v) is 4.95. The molecule has 0 aliphatic rings. The Labute approximate surface area is 245 Å². The van der Waals surface area contributed by atoms with Crippen LogP contribution < -0.4 is 0 Å². The Kier molecular flexibility index (Phi) is 6.85. The maximum absolute atomic E-state index is 4.97. The third-order valence-corrected chi connectivity index (χ3v) is 7.13. The van der Waals surface area contributed by atoms with E-state index in [0.717, 1.165) is 56.2 Å². The molecule has 7 aromatic rings. The van der Waals surface area contributed by atoms with Crippen LogP contribution in [0.3, 0.4) is 0 Å². The smallest absolute Gasteiger partial charge is 0.160 e. The van der Waals surface area contributed by atoms with Crippen LogP contribution in [0.15, 0.2) is 158 Å². The van der Waals surface area contributed by atoms with Crippen molar-refractivity contribution in [1.29, 1.82) is 0 Å². The minimum absolute atomic E-state index is 0.672. The Morgan fingerprint density at radius 2 is 0.476 bits per heavy atom. The molecule has 7 rings (SSSR count). The molecule has 0 spiro atoms. The molecule has 0 aliphatic heterocycles. The van der Waals surface area contributed by atoms with Crippen LogP contribution in [0.4, 0.5) is 0 Å². The van der Waals surface area contributed by atoms with Gasteiger partial charge in [0.1, 0.15) is 0 Å². The first-order valence-electron chi connectivity index (χ1n) is 13.9. The van der Waals surface area contributed by atoms with E-state index in [0.29, 0.717) is 11.6 Å². The zero-order valence-electron chi connectivity index (χ0n) is 22.8. The third kappa shape index (κ3) is 5.34. The van der Waals surface area contributed by atoms with Gasteiger partial charge < -0.3 is 0 Å². The highest BCUT2D eigenvalue weighted by molar-refractivity contribution is 5.74. The minimum Gasteiger partial charge on any atom is -0.228 e. The molecule has 0 saturated heterocycles. The molecular weight excluding hydrogens is 512 g/mol. The summed E-state index contributed by atoms with van der Waals surface area (Å²) in [6.07, 6.45) is 0. The van der Waals surface area contributed by atoms with Crippen molar-refractivity contribution < 1.29 is 0 Å². The summed E-state index contributed by atoms with van der Waals surface area (Å²) in [6.45, 7) is 0. The minimum atomic E-state index is 0.672. The van der Waals surface area contributed by atoms with Crippen molar-refractivity contribution in [2.75, 3.05) is 0 Å². The monoisotopic (exact) mass is 538 g/mol. The van der Waals surface area contributed by atoms with Crippen LogP contribution >= 0.6 is 0 Å². The van der Waals surface area contributed by atoms with Crippen LogP contribution in [0.2, 0.25) is 0 Å². The van der Waals surface area contributed by atoms with Crippen LogP contribution in [-0.4, -0.2) is 19.9 Å². The number of hydrogen-bond donors (Lipinski definition) is 0. The maximum atomic E-state index is 4.97. The van der Waals surface area contributed by atoms with Crippen molar-refractivity contribution in [3.63, 3.8) is 0 Å². The first kappa shape index (κ1) is 25.2. The zero-order valence-corrected chi connectivity index (χ0v) is 22.8. The van der Waals surface area contributed by atoms with Gasteiger partial charge in [-0.05, 0) is 12.1 Å². The van der Waals surface area contributed by atoms with Gasteiger partial charge in [-0.25, -0.2) is 19.9 Å². The summed E-state index contributed by atoms with van der Waals surface area (Å²) in [5.74, 6) is 1.34. The van der Waals surface area contributed by atoms with Crippen LogP contribution in [-0.2, 0) is 0 Å². The molecule has 5 aromatic carbocycles. The van der Waals surface area contributed by atoms with Gasteiger partial charge in [0.05, 0.1) is 22.8 Å². The normalized spacial score (nSPS) is 10.9. The number of aromatic nitrogens is 4. The number of hydrogen-bond acceptors (Lipinski definition) is 4. The second-order valence-corrected chi connectivity index (χ2v) is 9.97. The van der Waals surface area contributed by atoms with E-state index >= 15 is 0 Å². The standard InChI is InChI=1S/C38H26N4/c1-5-13-27(14-6-1)33-25-34(28-15-7-2-8-16-28)40-37(39-33)31-21-23-32(24-22-31)38-41-35(29-17-9-3-10-18-29)26-36(42-38)30-19-11-4-12-20-30/h1-26H. The van der Waals surface area contributed by atoms with Crippen LogP contribution in [0, 0.1) is 0 Å². The summed E-state index contributed by atoms with van der Waals surface area (Å²) in [6, 6.07) is 53.2. The average molecular weight is 539 g/mol. The van der Waals surface area contributed by atoms with Gasteiger partial charge in [0.2, 0.25) is 0 Å². The summed E-state index contributed by atoms with van der Waals surface area (Å²) in [4.78, 5) is 19.9. The van der Waals surface area contributed by atoms with Gasteiger partial charge in [0.15, 0.2) is 11.6 Å². The molecule has 2 aromatic heterocycles. The lowest BCUT2D eigenvalue weighted by molar-refractivity contribution is 1.17. The van der Waals surface area contributed by atoms with E-state index in [1.807, 2.05) is 72.8 Å². The van der Waals surface area contributed by atoms with Crippen LogP contribution in [0.5, 0.6) is 0 Å². The van der Waals surface area contributed by atoms with Crippen molar-refractivity contribution in [2.24, 2.45) is 0 Å². The van der Waals surface area contributed by atoms with Gasteiger partial charge in [0, 0.05) is 33.4 Å². The Hall–Kier alpha value is -5.74. The molecule has 4 nitrogen and oxygen atoms in total. The molecule has 0 radical (unpaired) electrons. The van der Waals surface area contributed by atoms with E-state index in [4.69, 9.17) is 19.9 Å². The third-order valence-electron chi connectivity index (χ3n) is 7.13. The highest BCUT2D eigenvalue weighted by Gasteiger charge is 2.13. The highest BCUT2D eigenvalue weighted by atomic mass is 14.9. The number of rotatable bonds is 6. The lowest BCUT2D eigenvalue weighted by atomic mass is 10.0. The molecule has 0 amide bonds. The molecule has 0 atom stereocenters. The van der Waals surface area contributed by atoms with Gasteiger partial charge in [-0.2, -0.15) is 0 Å². The molecule has 4 heteroatoms. The molecular formula is C38H26N4. The maximum Gasteiger partial charge on any atom is 0.160 e. The van der Waals surface area contributed by atoms with E-state index in [1.54, 1.807) is 0 Å². The average Bonchev–Trinajstić information content (AvgIpc) is 3.09. The second kappa shape index (κ2) is 11.4. The van der Waals surface area contributed by atoms with Crippen molar-refractivity contribution in [1.82, 2.24) is 19.9 Å². The van der Waals surface area contributed by atoms with E-state index in [2.05, 4.69) is 84.9 Å². The molecule has 0 unspecified atom stereocenters. The van der Waals surface area contributed by atoms with E-state index in [9.17, 15) is 0 Å². The predicted octanol–water partition coefficient (Wildman–Crippen LogP) is 9.27. The van der Waals surface area contributed by atoms with Gasteiger partial charge in [-0.3, -0.25) is 0 Å². The second-order valence-electron chi connectivity index (χ2n) is 9.97. The predicted molar refractivity (Wildman–Crippen MR) is 170 cm³/mol. The fourth-order valence-electron chi connectivity index (χ4n) is 4.95. The van der Waals surface area contributed by atoms with E-state index in [-0.39, 0.29) is 0 Å². The Morgan fingerprint density at radius 1 is 0.238 bits per heavy atom. The topological polar surface area (TPSA) is 51.6 Å². The zero-order chi connectivity index (χ0) is 28.1. The molecule has 0 bridgehead atoms. The van der Waals surface area contributed by atoms with Gasteiger partial charge >= 0.3 is 0 Å². The Bertz CT molecular complexity index is 1680. The molecule has 0 saturated carbocycles. The SMILES string of the molecule is c1ccc(-c2cc(-c3ccccc3)nc(-c3ccc(-c4nc(-c5ccccc5)cc(-c5ccccc5)n4)cc3)n2)cc1. The van der Waals surface area contributed by atoms with Gasteiger partial charge in [-0.1, -0.05) is 146 Å². The number of nitrogens with zero attached hydrogens (tertiary/aromatic N) is 4. The molecule has 42 heavy (non-hydrogen) atoms. The van der Waals surface area contributed by atoms with Crippen LogP contribution in [0.25, 0.3) is 67.8 Å². The quantitative estimate of drug-likeness (QED) is 0.212. The van der Waals surface area contributed by atoms with Gasteiger partial charge in [0.25, 0.3) is 0 Å². The lowest BCUT2D eigenvalue weighted by Crippen LogP contribution is -1.97. The molecule has 2 heterocycles. The Balaban J connectivity index is 1.31. The molecule has 0 N–H and O–H groups in total. The molecule has 0 aliphatic carbocycles. The van der Waals surface area contributed by atoms with Crippen molar-refractivity contribution in [2.45, 2.75) is 0 Å². The van der Waals surface area contributed by atoms with Gasteiger partial charge in [-0.15, -0.1) is 0 Å².